The highest BCUT2D eigenvalue weighted by molar-refractivity contribution is 9.10. The van der Waals surface area contributed by atoms with Crippen LogP contribution in [0.25, 0.3) is 0 Å². The summed E-state index contributed by atoms with van der Waals surface area (Å²) in [5.74, 6) is -0.521. The van der Waals surface area contributed by atoms with E-state index in [1.165, 1.54) is 18.3 Å². The van der Waals surface area contributed by atoms with Crippen LogP contribution in [0.2, 0.25) is 0 Å². The van der Waals surface area contributed by atoms with Gasteiger partial charge in [0.2, 0.25) is 0 Å². The van der Waals surface area contributed by atoms with Crippen molar-refractivity contribution in [1.82, 2.24) is 4.98 Å². The fourth-order valence-electron chi connectivity index (χ4n) is 1.28. The lowest BCUT2D eigenvalue weighted by Crippen LogP contribution is -1.92. The van der Waals surface area contributed by atoms with Gasteiger partial charge in [0.1, 0.15) is 5.03 Å². The van der Waals surface area contributed by atoms with Crippen LogP contribution in [0.3, 0.4) is 0 Å². The number of pyridine rings is 1. The van der Waals surface area contributed by atoms with E-state index >= 15 is 0 Å². The molecule has 4 nitrogen and oxygen atoms in total. The Bertz CT molecular complexity index is 609. The van der Waals surface area contributed by atoms with Crippen molar-refractivity contribution in [3.63, 3.8) is 0 Å². The molecule has 7 heteroatoms. The normalized spacial score (nSPS) is 10.3. The molecule has 2 rings (SSSR count). The second-order valence-electron chi connectivity index (χ2n) is 3.27. The maximum absolute atomic E-state index is 13.6. The van der Waals surface area contributed by atoms with Gasteiger partial charge in [-0.05, 0) is 28.1 Å². The third kappa shape index (κ3) is 2.85. The molecule has 0 N–H and O–H groups in total. The first-order valence-corrected chi connectivity index (χ1v) is 6.41. The lowest BCUT2D eigenvalue weighted by atomic mass is 10.3. The molecule has 0 unspecified atom stereocenters. The molecule has 92 valence electrons. The summed E-state index contributed by atoms with van der Waals surface area (Å²) in [5.41, 5.74) is -0.0633. The molecule has 0 saturated heterocycles. The van der Waals surface area contributed by atoms with E-state index in [0.29, 0.717) is 9.37 Å². The minimum absolute atomic E-state index is 0.0633. The molecule has 1 aromatic carbocycles. The van der Waals surface area contributed by atoms with Crippen LogP contribution in [-0.2, 0) is 0 Å². The summed E-state index contributed by atoms with van der Waals surface area (Å²) >= 11 is 4.03. The smallest absolute Gasteiger partial charge is 0.258 e. The standard InChI is InChI=1S/C11H6BrFN2O2S/c12-7-5-8(13)11(14-6-7)18-10-4-2-1-3-9(10)15(16)17/h1-6H. The number of para-hydroxylation sites is 1. The summed E-state index contributed by atoms with van der Waals surface area (Å²) in [6.45, 7) is 0. The van der Waals surface area contributed by atoms with Gasteiger partial charge < -0.3 is 0 Å². The third-order valence-corrected chi connectivity index (χ3v) is 3.54. The van der Waals surface area contributed by atoms with Gasteiger partial charge in [-0.3, -0.25) is 10.1 Å². The van der Waals surface area contributed by atoms with Crippen LogP contribution in [0.15, 0.2) is 50.9 Å². The maximum Gasteiger partial charge on any atom is 0.283 e. The minimum atomic E-state index is -0.521. The van der Waals surface area contributed by atoms with Crippen LogP contribution in [0, 0.1) is 15.9 Å². The summed E-state index contributed by atoms with van der Waals surface area (Å²) in [6, 6.07) is 7.43. The van der Waals surface area contributed by atoms with Gasteiger partial charge in [-0.15, -0.1) is 0 Å². The second-order valence-corrected chi connectivity index (χ2v) is 5.21. The first-order chi connectivity index (χ1) is 8.58. The highest BCUT2D eigenvalue weighted by atomic mass is 79.9. The number of hydrogen-bond acceptors (Lipinski definition) is 4. The van der Waals surface area contributed by atoms with Gasteiger partial charge in [0.15, 0.2) is 5.82 Å². The van der Waals surface area contributed by atoms with Crippen molar-refractivity contribution in [2.45, 2.75) is 9.92 Å². The molecule has 0 fully saturated rings. The van der Waals surface area contributed by atoms with Gasteiger partial charge in [-0.2, -0.15) is 0 Å². The molecular formula is C11H6BrFN2O2S. The molecule has 0 aliphatic heterocycles. The van der Waals surface area contributed by atoms with Crippen molar-refractivity contribution in [2.75, 3.05) is 0 Å². The Morgan fingerprint density at radius 1 is 1.39 bits per heavy atom. The lowest BCUT2D eigenvalue weighted by Gasteiger charge is -2.03. The number of nitro groups is 1. The second kappa shape index (κ2) is 5.45. The quantitative estimate of drug-likeness (QED) is 0.630. The largest absolute Gasteiger partial charge is 0.283 e. The Hall–Kier alpha value is -1.47. The Kier molecular flexibility index (Phi) is 3.93. The summed E-state index contributed by atoms with van der Waals surface area (Å²) in [5, 5.41) is 10.9. The monoisotopic (exact) mass is 328 g/mol. The Morgan fingerprint density at radius 2 is 2.11 bits per heavy atom. The summed E-state index contributed by atoms with van der Waals surface area (Å²) in [6.07, 6.45) is 1.44. The van der Waals surface area contributed by atoms with Crippen LogP contribution in [0.4, 0.5) is 10.1 Å². The zero-order valence-corrected chi connectivity index (χ0v) is 11.2. The van der Waals surface area contributed by atoms with Crippen LogP contribution >= 0.6 is 27.7 Å². The first-order valence-electron chi connectivity index (χ1n) is 4.80. The number of halogens is 2. The molecule has 0 radical (unpaired) electrons. The number of nitro benzene ring substituents is 1. The Labute approximate surface area is 115 Å². The fourth-order valence-corrected chi connectivity index (χ4v) is 2.44. The molecule has 0 bridgehead atoms. The Balaban J connectivity index is 2.37. The molecule has 18 heavy (non-hydrogen) atoms. The number of hydrogen-bond donors (Lipinski definition) is 0. The SMILES string of the molecule is O=[N+]([O-])c1ccccc1Sc1ncc(Br)cc1F. The van der Waals surface area contributed by atoms with Crippen molar-refractivity contribution < 1.29 is 9.31 Å². The van der Waals surface area contributed by atoms with Crippen LogP contribution in [0.1, 0.15) is 0 Å². The maximum atomic E-state index is 13.6. The molecule has 0 aliphatic rings. The van der Waals surface area contributed by atoms with Gasteiger partial charge in [-0.1, -0.05) is 23.9 Å². The van der Waals surface area contributed by atoms with E-state index in [1.807, 2.05) is 0 Å². The van der Waals surface area contributed by atoms with E-state index in [9.17, 15) is 14.5 Å². The molecule has 0 atom stereocenters. The van der Waals surface area contributed by atoms with Gasteiger partial charge in [-0.25, -0.2) is 9.37 Å². The van der Waals surface area contributed by atoms with E-state index < -0.39 is 10.7 Å². The average molecular weight is 329 g/mol. The van der Waals surface area contributed by atoms with Crippen LogP contribution < -0.4 is 0 Å². The van der Waals surface area contributed by atoms with Crippen molar-refractivity contribution in [3.05, 3.63) is 56.9 Å². The molecular weight excluding hydrogens is 323 g/mol. The molecule has 0 saturated carbocycles. The lowest BCUT2D eigenvalue weighted by molar-refractivity contribution is -0.387. The molecule has 0 spiro atoms. The highest BCUT2D eigenvalue weighted by Gasteiger charge is 2.16. The number of aromatic nitrogens is 1. The van der Waals surface area contributed by atoms with Crippen LogP contribution in [0.5, 0.6) is 0 Å². The van der Waals surface area contributed by atoms with Crippen molar-refractivity contribution in [1.29, 1.82) is 0 Å². The van der Waals surface area contributed by atoms with E-state index in [4.69, 9.17) is 0 Å². The molecule has 2 aromatic rings. The van der Waals surface area contributed by atoms with E-state index in [2.05, 4.69) is 20.9 Å². The number of rotatable bonds is 3. The summed E-state index contributed by atoms with van der Waals surface area (Å²) < 4.78 is 14.1. The average Bonchev–Trinajstić information content (AvgIpc) is 2.33. The van der Waals surface area contributed by atoms with E-state index in [0.717, 1.165) is 11.8 Å². The van der Waals surface area contributed by atoms with Gasteiger partial charge >= 0.3 is 0 Å². The highest BCUT2D eigenvalue weighted by Crippen LogP contribution is 2.35. The van der Waals surface area contributed by atoms with E-state index in [-0.39, 0.29) is 10.7 Å². The predicted octanol–water partition coefficient (Wildman–Crippen LogP) is 4.04. The fraction of sp³-hybridized carbons (Fsp3) is 0. The van der Waals surface area contributed by atoms with E-state index in [1.54, 1.807) is 18.2 Å². The molecule has 0 amide bonds. The first kappa shape index (κ1) is 13.0. The van der Waals surface area contributed by atoms with Gasteiger partial charge in [0, 0.05) is 16.7 Å². The molecule has 1 heterocycles. The van der Waals surface area contributed by atoms with Crippen molar-refractivity contribution in [3.8, 4) is 0 Å². The summed E-state index contributed by atoms with van der Waals surface area (Å²) in [7, 11) is 0. The Morgan fingerprint density at radius 3 is 2.78 bits per heavy atom. The predicted molar refractivity (Wildman–Crippen MR) is 69.1 cm³/mol. The van der Waals surface area contributed by atoms with Crippen molar-refractivity contribution >= 4 is 33.4 Å². The van der Waals surface area contributed by atoms with Crippen LogP contribution in [-0.4, -0.2) is 9.91 Å². The molecule has 1 aromatic heterocycles. The topological polar surface area (TPSA) is 56.0 Å². The number of nitrogens with zero attached hydrogens (tertiary/aromatic N) is 2. The van der Waals surface area contributed by atoms with Crippen molar-refractivity contribution in [2.24, 2.45) is 0 Å². The minimum Gasteiger partial charge on any atom is -0.258 e. The van der Waals surface area contributed by atoms with Gasteiger partial charge in [0.05, 0.1) is 9.82 Å². The zero-order valence-electron chi connectivity index (χ0n) is 8.84. The number of benzene rings is 1. The summed E-state index contributed by atoms with van der Waals surface area (Å²) in [4.78, 5) is 14.6. The third-order valence-electron chi connectivity index (χ3n) is 2.04. The van der Waals surface area contributed by atoms with Gasteiger partial charge in [0.25, 0.3) is 5.69 Å². The molecule has 0 aliphatic carbocycles. The zero-order chi connectivity index (χ0) is 13.1.